The van der Waals surface area contributed by atoms with Gasteiger partial charge in [0.2, 0.25) is 11.8 Å². The number of imidazole rings is 1. The average molecular weight is 470 g/mol. The molecule has 3 heterocycles. The van der Waals surface area contributed by atoms with Gasteiger partial charge in [0, 0.05) is 38.6 Å². The van der Waals surface area contributed by atoms with Crippen LogP contribution in [0.15, 0.2) is 34.9 Å². The first-order valence-corrected chi connectivity index (χ1v) is 11.7. The fourth-order valence-corrected chi connectivity index (χ4v) is 5.23. The summed E-state index contributed by atoms with van der Waals surface area (Å²) in [7, 11) is 5.31. The molecule has 3 atom stereocenters. The molecular formula is C24H35N7O3. The largest absolute Gasteiger partial charge is 0.481 e. The van der Waals surface area contributed by atoms with E-state index in [-0.39, 0.29) is 29.6 Å². The molecule has 1 fully saturated rings. The molecule has 1 amide bonds. The van der Waals surface area contributed by atoms with Crippen LogP contribution in [-0.2, 0) is 9.53 Å². The van der Waals surface area contributed by atoms with E-state index in [4.69, 9.17) is 4.74 Å². The molecule has 184 valence electrons. The highest BCUT2D eigenvalue weighted by Gasteiger charge is 2.40. The van der Waals surface area contributed by atoms with Crippen molar-refractivity contribution in [1.29, 1.82) is 0 Å². The number of aromatic nitrogens is 3. The predicted molar refractivity (Wildman–Crippen MR) is 132 cm³/mol. The van der Waals surface area contributed by atoms with Gasteiger partial charge in [-0.2, -0.15) is 0 Å². The number of carbonyl (C=O) groups excluding carboxylic acids is 1. The molecule has 1 aliphatic carbocycles. The molecule has 0 saturated heterocycles. The van der Waals surface area contributed by atoms with Crippen LogP contribution in [0.4, 0.5) is 5.69 Å². The summed E-state index contributed by atoms with van der Waals surface area (Å²) >= 11 is 0. The van der Waals surface area contributed by atoms with Crippen molar-refractivity contribution in [2.45, 2.75) is 63.6 Å². The number of likely N-dealkylation sites (N-methyl/N-ethyl adjacent to an activating group) is 2. The molecule has 0 aromatic carbocycles. The average Bonchev–Trinajstić information content (AvgIpc) is 3.51. The van der Waals surface area contributed by atoms with Crippen LogP contribution in [0.2, 0.25) is 0 Å². The fourth-order valence-electron chi connectivity index (χ4n) is 5.23. The Morgan fingerprint density at radius 1 is 1.41 bits per heavy atom. The highest BCUT2D eigenvalue weighted by Crippen LogP contribution is 2.34. The highest BCUT2D eigenvalue weighted by molar-refractivity contribution is 5.91. The number of nitrogens with one attached hydrogen (secondary N) is 1. The van der Waals surface area contributed by atoms with E-state index in [1.165, 1.54) is 6.08 Å². The standard InChI is InChI=1S/C24H35N7O3/c1-8-20(32)29(6)16-9-10-17(11-16)30-13-18(26-24(4)14-28(5)27-22(24)34-7)21-25-12-19(15(2)3)31(21)23(30)33/h8,12-13,15-17,26H,1,9-11,14H2,2-7H3. The molecule has 1 N–H and O–H groups in total. The quantitative estimate of drug-likeness (QED) is 0.653. The first-order valence-electron chi connectivity index (χ1n) is 11.7. The smallest absolute Gasteiger partial charge is 0.334 e. The van der Waals surface area contributed by atoms with Crippen molar-refractivity contribution in [1.82, 2.24) is 23.9 Å². The summed E-state index contributed by atoms with van der Waals surface area (Å²) in [6.45, 7) is 10.3. The van der Waals surface area contributed by atoms with Crippen molar-refractivity contribution in [2.24, 2.45) is 5.10 Å². The summed E-state index contributed by atoms with van der Waals surface area (Å²) in [6, 6.07) is 0.0367. The van der Waals surface area contributed by atoms with E-state index < -0.39 is 5.54 Å². The maximum absolute atomic E-state index is 13.7. The van der Waals surface area contributed by atoms with Crippen LogP contribution in [0.5, 0.6) is 0 Å². The van der Waals surface area contributed by atoms with Crippen LogP contribution < -0.4 is 11.0 Å². The van der Waals surface area contributed by atoms with Crippen LogP contribution >= 0.6 is 0 Å². The molecule has 3 unspecified atom stereocenters. The Bertz CT molecular complexity index is 1200. The number of hydrogen-bond donors (Lipinski definition) is 1. The Labute approximate surface area is 199 Å². The second kappa shape index (κ2) is 8.81. The van der Waals surface area contributed by atoms with Gasteiger partial charge in [-0.05, 0) is 38.2 Å². The highest BCUT2D eigenvalue weighted by atomic mass is 16.5. The zero-order valence-corrected chi connectivity index (χ0v) is 20.9. The molecule has 0 bridgehead atoms. The molecule has 0 radical (unpaired) electrons. The lowest BCUT2D eigenvalue weighted by Crippen LogP contribution is -2.46. The van der Waals surface area contributed by atoms with Gasteiger partial charge in [0.15, 0.2) is 5.65 Å². The van der Waals surface area contributed by atoms with E-state index in [1.807, 2.05) is 25.2 Å². The Kier molecular flexibility index (Phi) is 6.18. The number of methoxy groups -OCH3 is 1. The van der Waals surface area contributed by atoms with E-state index in [1.54, 1.807) is 34.2 Å². The van der Waals surface area contributed by atoms with Gasteiger partial charge in [-0.3, -0.25) is 14.4 Å². The van der Waals surface area contributed by atoms with Crippen LogP contribution in [0, 0.1) is 0 Å². The van der Waals surface area contributed by atoms with E-state index in [9.17, 15) is 9.59 Å². The maximum Gasteiger partial charge on any atom is 0.334 e. The fraction of sp³-hybridized carbons (Fsp3) is 0.583. The molecule has 1 aliphatic heterocycles. The third-order valence-corrected chi connectivity index (χ3v) is 7.03. The van der Waals surface area contributed by atoms with Gasteiger partial charge >= 0.3 is 5.69 Å². The second-order valence-corrected chi connectivity index (χ2v) is 9.89. The minimum Gasteiger partial charge on any atom is -0.481 e. The van der Waals surface area contributed by atoms with Crippen molar-refractivity contribution in [3.05, 3.63) is 41.2 Å². The topological polar surface area (TPSA) is 96.5 Å². The first-order chi connectivity index (χ1) is 16.1. The van der Waals surface area contributed by atoms with Gasteiger partial charge in [-0.1, -0.05) is 20.4 Å². The van der Waals surface area contributed by atoms with Gasteiger partial charge in [-0.15, -0.1) is 5.10 Å². The first kappa shape index (κ1) is 23.8. The van der Waals surface area contributed by atoms with E-state index in [2.05, 4.69) is 35.8 Å². The summed E-state index contributed by atoms with van der Waals surface area (Å²) in [5.41, 5.74) is 1.50. The Morgan fingerprint density at radius 3 is 2.79 bits per heavy atom. The molecule has 10 nitrogen and oxygen atoms in total. The summed E-state index contributed by atoms with van der Waals surface area (Å²) in [4.78, 5) is 32.2. The van der Waals surface area contributed by atoms with Crippen molar-refractivity contribution in [3.8, 4) is 0 Å². The monoisotopic (exact) mass is 469 g/mol. The van der Waals surface area contributed by atoms with Gasteiger partial charge in [0.25, 0.3) is 0 Å². The van der Waals surface area contributed by atoms with Crippen LogP contribution in [-0.4, -0.2) is 75.0 Å². The summed E-state index contributed by atoms with van der Waals surface area (Å²) in [5.74, 6) is 0.604. The number of amides is 1. The van der Waals surface area contributed by atoms with E-state index in [0.29, 0.717) is 24.5 Å². The molecule has 34 heavy (non-hydrogen) atoms. The lowest BCUT2D eigenvalue weighted by atomic mass is 10.0. The number of rotatable bonds is 6. The van der Waals surface area contributed by atoms with Crippen molar-refractivity contribution >= 4 is 23.1 Å². The summed E-state index contributed by atoms with van der Waals surface area (Å²) < 4.78 is 9.08. The summed E-state index contributed by atoms with van der Waals surface area (Å²) in [5, 5.41) is 9.87. The minimum atomic E-state index is -0.578. The zero-order chi connectivity index (χ0) is 24.8. The molecule has 10 heteroatoms. The number of ether oxygens (including phenoxy) is 1. The van der Waals surface area contributed by atoms with Gasteiger partial charge in [0.05, 0.1) is 25.0 Å². The maximum atomic E-state index is 13.7. The third kappa shape index (κ3) is 3.95. The summed E-state index contributed by atoms with van der Waals surface area (Å²) in [6.07, 6.45) is 7.33. The minimum absolute atomic E-state index is 0.0282. The second-order valence-electron chi connectivity index (χ2n) is 9.89. The SMILES string of the molecule is C=CC(=O)N(C)C1CCC(n2cc(NC3(C)CN(C)N=C3OC)c3ncc(C(C)C)n3c2=O)C1. The van der Waals surface area contributed by atoms with Crippen molar-refractivity contribution in [3.63, 3.8) is 0 Å². The Morgan fingerprint density at radius 2 is 2.15 bits per heavy atom. The lowest BCUT2D eigenvalue weighted by Gasteiger charge is -2.28. The molecule has 1 saturated carbocycles. The molecule has 0 spiro atoms. The number of anilines is 1. The van der Waals surface area contributed by atoms with Crippen LogP contribution in [0.25, 0.3) is 5.65 Å². The van der Waals surface area contributed by atoms with Gasteiger partial charge in [-0.25, -0.2) is 14.2 Å². The number of carbonyl (C=O) groups is 1. The van der Waals surface area contributed by atoms with E-state index in [0.717, 1.165) is 24.2 Å². The molecule has 4 rings (SSSR count). The Balaban J connectivity index is 1.78. The number of hydrazone groups is 1. The van der Waals surface area contributed by atoms with Crippen LogP contribution in [0.3, 0.4) is 0 Å². The zero-order valence-electron chi connectivity index (χ0n) is 20.9. The molecule has 2 aromatic heterocycles. The van der Waals surface area contributed by atoms with Crippen LogP contribution in [0.1, 0.15) is 57.7 Å². The third-order valence-electron chi connectivity index (χ3n) is 7.03. The van der Waals surface area contributed by atoms with E-state index >= 15 is 0 Å². The number of nitrogens with zero attached hydrogens (tertiary/aromatic N) is 6. The van der Waals surface area contributed by atoms with Gasteiger partial charge in [0.1, 0.15) is 5.54 Å². The molecule has 2 aliphatic rings. The lowest BCUT2D eigenvalue weighted by molar-refractivity contribution is -0.126. The predicted octanol–water partition coefficient (Wildman–Crippen LogP) is 2.43. The molecule has 2 aromatic rings. The van der Waals surface area contributed by atoms with Gasteiger partial charge < -0.3 is 15.0 Å². The number of hydrogen-bond acceptors (Lipinski definition) is 7. The number of fused-ring (bicyclic) bond motifs is 1. The normalized spacial score (nSPS) is 24.6. The van der Waals surface area contributed by atoms with Crippen molar-refractivity contribution in [2.75, 3.05) is 33.1 Å². The molecular weight excluding hydrogens is 434 g/mol. The van der Waals surface area contributed by atoms with Crippen molar-refractivity contribution < 1.29 is 9.53 Å². The Hall–Kier alpha value is -3.30.